The minimum absolute atomic E-state index is 0.551. The van der Waals surface area contributed by atoms with Crippen LogP contribution in [0.4, 0.5) is 0 Å². The van der Waals surface area contributed by atoms with Gasteiger partial charge in [0, 0.05) is 10.0 Å². The number of rotatable bonds is 3. The third kappa shape index (κ3) is 3.18. The molecular weight excluding hydrogens is 330 g/mol. The predicted octanol–water partition coefficient (Wildman–Crippen LogP) is 3.96. The van der Waals surface area contributed by atoms with Crippen molar-refractivity contribution in [2.45, 2.75) is 6.42 Å². The summed E-state index contributed by atoms with van der Waals surface area (Å²) in [5, 5.41) is 12.8. The van der Waals surface area contributed by atoms with E-state index in [0.717, 1.165) is 15.6 Å². The Bertz CT molecular complexity index is 786. The first kappa shape index (κ1) is 13.5. The normalized spacial score (nSPS) is 10.3. The zero-order valence-corrected chi connectivity index (χ0v) is 12.5. The van der Waals surface area contributed by atoms with E-state index in [1.165, 1.54) is 0 Å². The Balaban J connectivity index is 1.78. The maximum Gasteiger partial charge on any atom is 0.231 e. The van der Waals surface area contributed by atoms with E-state index in [0.29, 0.717) is 23.7 Å². The standard InChI is InChI=1S/C16H10BrN3O/c17-14-7-5-13(6-8-14)16-19-15(21-20-16)9-11-1-3-12(10-18)4-2-11/h1-8H,9H2. The van der Waals surface area contributed by atoms with Gasteiger partial charge in [-0.15, -0.1) is 0 Å². The topological polar surface area (TPSA) is 62.7 Å². The number of aromatic nitrogens is 2. The van der Waals surface area contributed by atoms with Crippen molar-refractivity contribution in [2.75, 3.05) is 0 Å². The van der Waals surface area contributed by atoms with Crippen LogP contribution in [-0.4, -0.2) is 10.1 Å². The fourth-order valence-electron chi connectivity index (χ4n) is 1.91. The van der Waals surface area contributed by atoms with E-state index in [4.69, 9.17) is 9.78 Å². The second kappa shape index (κ2) is 5.90. The van der Waals surface area contributed by atoms with Crippen molar-refractivity contribution >= 4 is 15.9 Å². The van der Waals surface area contributed by atoms with Gasteiger partial charge in [-0.3, -0.25) is 0 Å². The zero-order valence-electron chi connectivity index (χ0n) is 11.0. The van der Waals surface area contributed by atoms with Crippen LogP contribution in [0, 0.1) is 11.3 Å². The zero-order chi connectivity index (χ0) is 14.7. The monoisotopic (exact) mass is 339 g/mol. The predicted molar refractivity (Wildman–Crippen MR) is 81.4 cm³/mol. The molecule has 5 heteroatoms. The molecule has 0 atom stereocenters. The second-order valence-corrected chi connectivity index (χ2v) is 5.42. The molecule has 1 aromatic heterocycles. The Kier molecular flexibility index (Phi) is 3.80. The molecule has 4 nitrogen and oxygen atoms in total. The van der Waals surface area contributed by atoms with E-state index in [2.05, 4.69) is 32.1 Å². The van der Waals surface area contributed by atoms with Gasteiger partial charge < -0.3 is 4.52 Å². The number of hydrogen-bond acceptors (Lipinski definition) is 4. The Labute approximate surface area is 130 Å². The van der Waals surface area contributed by atoms with Gasteiger partial charge in [-0.25, -0.2) is 0 Å². The van der Waals surface area contributed by atoms with E-state index in [1.807, 2.05) is 36.4 Å². The van der Waals surface area contributed by atoms with Crippen LogP contribution in [0.25, 0.3) is 11.4 Å². The van der Waals surface area contributed by atoms with Crippen molar-refractivity contribution in [2.24, 2.45) is 0 Å². The molecule has 21 heavy (non-hydrogen) atoms. The van der Waals surface area contributed by atoms with Crippen molar-refractivity contribution < 1.29 is 4.52 Å². The van der Waals surface area contributed by atoms with E-state index in [1.54, 1.807) is 12.1 Å². The first-order valence-corrected chi connectivity index (χ1v) is 7.11. The van der Waals surface area contributed by atoms with Crippen LogP contribution >= 0.6 is 15.9 Å². The van der Waals surface area contributed by atoms with E-state index in [-0.39, 0.29) is 0 Å². The van der Waals surface area contributed by atoms with Gasteiger partial charge in [0.25, 0.3) is 0 Å². The summed E-state index contributed by atoms with van der Waals surface area (Å²) in [5.41, 5.74) is 2.58. The Morgan fingerprint density at radius 1 is 1.05 bits per heavy atom. The van der Waals surface area contributed by atoms with Gasteiger partial charge in [0.05, 0.1) is 18.1 Å². The summed E-state index contributed by atoms with van der Waals surface area (Å²) in [5.74, 6) is 1.13. The van der Waals surface area contributed by atoms with Crippen LogP contribution in [0.3, 0.4) is 0 Å². The van der Waals surface area contributed by atoms with Crippen LogP contribution in [0.1, 0.15) is 17.0 Å². The number of halogens is 1. The highest BCUT2D eigenvalue weighted by molar-refractivity contribution is 9.10. The quantitative estimate of drug-likeness (QED) is 0.724. The summed E-state index contributed by atoms with van der Waals surface area (Å²) in [7, 11) is 0. The summed E-state index contributed by atoms with van der Waals surface area (Å²) in [6, 6.07) is 17.2. The molecule has 0 aliphatic carbocycles. The van der Waals surface area contributed by atoms with Crippen LogP contribution in [-0.2, 0) is 6.42 Å². The minimum Gasteiger partial charge on any atom is -0.339 e. The fraction of sp³-hybridized carbons (Fsp3) is 0.0625. The van der Waals surface area contributed by atoms with E-state index in [9.17, 15) is 0 Å². The second-order valence-electron chi connectivity index (χ2n) is 4.50. The highest BCUT2D eigenvalue weighted by Gasteiger charge is 2.09. The molecule has 0 unspecified atom stereocenters. The maximum absolute atomic E-state index is 8.77. The van der Waals surface area contributed by atoms with E-state index < -0.39 is 0 Å². The van der Waals surface area contributed by atoms with Crippen molar-refractivity contribution in [1.29, 1.82) is 5.26 Å². The molecular formula is C16H10BrN3O. The molecule has 0 radical (unpaired) electrons. The maximum atomic E-state index is 8.77. The van der Waals surface area contributed by atoms with Gasteiger partial charge in [-0.05, 0) is 42.0 Å². The average molecular weight is 340 g/mol. The Hall–Kier alpha value is -2.45. The summed E-state index contributed by atoms with van der Waals surface area (Å²) < 4.78 is 6.28. The molecule has 0 N–H and O–H groups in total. The first-order valence-electron chi connectivity index (χ1n) is 6.32. The highest BCUT2D eigenvalue weighted by atomic mass is 79.9. The number of nitriles is 1. The Morgan fingerprint density at radius 3 is 2.43 bits per heavy atom. The van der Waals surface area contributed by atoms with Gasteiger partial charge in [-0.1, -0.05) is 33.2 Å². The molecule has 0 saturated carbocycles. The fourth-order valence-corrected chi connectivity index (χ4v) is 2.18. The smallest absolute Gasteiger partial charge is 0.231 e. The van der Waals surface area contributed by atoms with E-state index >= 15 is 0 Å². The van der Waals surface area contributed by atoms with Crippen molar-refractivity contribution in [3.63, 3.8) is 0 Å². The average Bonchev–Trinajstić information content (AvgIpc) is 2.97. The Morgan fingerprint density at radius 2 is 1.76 bits per heavy atom. The first-order chi connectivity index (χ1) is 10.2. The lowest BCUT2D eigenvalue weighted by molar-refractivity contribution is 0.385. The van der Waals surface area contributed by atoms with Crippen LogP contribution < -0.4 is 0 Å². The molecule has 0 amide bonds. The SMILES string of the molecule is N#Cc1ccc(Cc2nc(-c3ccc(Br)cc3)no2)cc1. The largest absolute Gasteiger partial charge is 0.339 e. The van der Waals surface area contributed by atoms with Crippen molar-refractivity contribution in [3.8, 4) is 17.5 Å². The van der Waals surface area contributed by atoms with Crippen molar-refractivity contribution in [1.82, 2.24) is 10.1 Å². The van der Waals surface area contributed by atoms with Gasteiger partial charge in [0.1, 0.15) is 0 Å². The lowest BCUT2D eigenvalue weighted by atomic mass is 10.1. The number of benzene rings is 2. The molecule has 1 heterocycles. The molecule has 0 aliphatic heterocycles. The molecule has 0 fully saturated rings. The van der Waals surface area contributed by atoms with Gasteiger partial charge in [0.15, 0.2) is 0 Å². The summed E-state index contributed by atoms with van der Waals surface area (Å²) in [6.45, 7) is 0. The lowest BCUT2D eigenvalue weighted by Crippen LogP contribution is -1.89. The van der Waals surface area contributed by atoms with Gasteiger partial charge in [0.2, 0.25) is 11.7 Å². The van der Waals surface area contributed by atoms with Crippen LogP contribution in [0.15, 0.2) is 57.5 Å². The molecule has 102 valence electrons. The molecule has 0 saturated heterocycles. The number of nitrogens with zero attached hydrogens (tertiary/aromatic N) is 3. The minimum atomic E-state index is 0.551. The highest BCUT2D eigenvalue weighted by Crippen LogP contribution is 2.19. The van der Waals surface area contributed by atoms with Crippen LogP contribution in [0.2, 0.25) is 0 Å². The third-order valence-corrected chi connectivity index (χ3v) is 3.54. The van der Waals surface area contributed by atoms with Gasteiger partial charge in [-0.2, -0.15) is 10.2 Å². The number of hydrogen-bond donors (Lipinski definition) is 0. The van der Waals surface area contributed by atoms with Crippen LogP contribution in [0.5, 0.6) is 0 Å². The summed E-state index contributed by atoms with van der Waals surface area (Å²) in [6.07, 6.45) is 0.551. The lowest BCUT2D eigenvalue weighted by Gasteiger charge is -1.96. The molecule has 0 bridgehead atoms. The van der Waals surface area contributed by atoms with Crippen molar-refractivity contribution in [3.05, 3.63) is 70.0 Å². The molecule has 3 aromatic rings. The summed E-state index contributed by atoms with van der Waals surface area (Å²) in [4.78, 5) is 4.39. The summed E-state index contributed by atoms with van der Waals surface area (Å²) >= 11 is 3.39. The van der Waals surface area contributed by atoms with Gasteiger partial charge >= 0.3 is 0 Å². The molecule has 3 rings (SSSR count). The molecule has 2 aromatic carbocycles. The molecule has 0 spiro atoms. The third-order valence-electron chi connectivity index (χ3n) is 3.01. The molecule has 0 aliphatic rings.